The van der Waals surface area contributed by atoms with Crippen LogP contribution in [0.4, 0.5) is 11.6 Å². The van der Waals surface area contributed by atoms with Crippen molar-refractivity contribution >= 4 is 23.2 Å². The fraction of sp³-hybridized carbons (Fsp3) is 0.583. The van der Waals surface area contributed by atoms with Crippen molar-refractivity contribution < 1.29 is 14.6 Å². The molecular weight excluding hydrogens is 442 g/mol. The number of nitrogens with one attached hydrogen (secondary N) is 2. The molecule has 1 aliphatic heterocycles. The standard InChI is InChI=1S/C24H34ClN5O3/c1-32-16-24(31)7-5-17(6-8-24)29-22-13-18(19(25)14-27-22)20-3-2-4-21(30-20)28-15-23(26)9-11-33-12-10-23/h2-4,13-14,17,31H,5-12,15-16,26H2,1H3,(H,27,29)(H,28,30). The Bertz CT molecular complexity index is 930. The minimum atomic E-state index is -0.727. The molecule has 0 bridgehead atoms. The number of pyridine rings is 2. The zero-order valence-electron chi connectivity index (χ0n) is 19.1. The summed E-state index contributed by atoms with van der Waals surface area (Å²) in [4.78, 5) is 9.22. The van der Waals surface area contributed by atoms with Crippen LogP contribution in [-0.2, 0) is 9.47 Å². The first kappa shape index (κ1) is 24.2. The Morgan fingerprint density at radius 2 is 1.97 bits per heavy atom. The van der Waals surface area contributed by atoms with E-state index in [0.29, 0.717) is 44.2 Å². The predicted molar refractivity (Wildman–Crippen MR) is 131 cm³/mol. The molecule has 2 aromatic heterocycles. The number of ether oxygens (including phenoxy) is 2. The lowest BCUT2D eigenvalue weighted by Gasteiger charge is -2.35. The van der Waals surface area contributed by atoms with E-state index in [1.54, 1.807) is 13.3 Å². The maximum atomic E-state index is 10.5. The van der Waals surface area contributed by atoms with E-state index in [1.807, 2.05) is 24.3 Å². The number of nitrogens with zero attached hydrogens (tertiary/aromatic N) is 2. The molecule has 5 N–H and O–H groups in total. The molecule has 180 valence electrons. The predicted octanol–water partition coefficient (Wildman–Crippen LogP) is 3.45. The largest absolute Gasteiger partial charge is 0.387 e. The monoisotopic (exact) mass is 475 g/mol. The van der Waals surface area contributed by atoms with Gasteiger partial charge in [0.1, 0.15) is 11.6 Å². The Hall–Kier alpha value is -1.97. The number of halogens is 1. The number of anilines is 2. The van der Waals surface area contributed by atoms with Crippen LogP contribution < -0.4 is 16.4 Å². The van der Waals surface area contributed by atoms with Gasteiger partial charge in [0.2, 0.25) is 0 Å². The molecule has 33 heavy (non-hydrogen) atoms. The Labute approximate surface area is 200 Å². The van der Waals surface area contributed by atoms with Gasteiger partial charge in [-0.05, 0) is 56.7 Å². The van der Waals surface area contributed by atoms with Gasteiger partial charge in [-0.25, -0.2) is 9.97 Å². The molecule has 0 atom stereocenters. The molecule has 2 fully saturated rings. The summed E-state index contributed by atoms with van der Waals surface area (Å²) in [6.07, 6.45) is 6.41. The lowest BCUT2D eigenvalue weighted by atomic mass is 9.82. The zero-order chi connectivity index (χ0) is 23.3. The van der Waals surface area contributed by atoms with Gasteiger partial charge in [-0.2, -0.15) is 0 Å². The molecule has 0 unspecified atom stereocenters. The maximum absolute atomic E-state index is 10.5. The third kappa shape index (κ3) is 6.33. The molecule has 2 aromatic rings. The van der Waals surface area contributed by atoms with E-state index in [9.17, 15) is 5.11 Å². The van der Waals surface area contributed by atoms with E-state index in [4.69, 9.17) is 31.8 Å². The van der Waals surface area contributed by atoms with Gasteiger partial charge in [0.25, 0.3) is 0 Å². The Morgan fingerprint density at radius 1 is 1.21 bits per heavy atom. The summed E-state index contributed by atoms with van der Waals surface area (Å²) in [6, 6.07) is 8.01. The molecule has 3 heterocycles. The van der Waals surface area contributed by atoms with Crippen LogP contribution in [0.15, 0.2) is 30.5 Å². The van der Waals surface area contributed by atoms with E-state index < -0.39 is 5.60 Å². The SMILES string of the molecule is COCC1(O)CCC(Nc2cc(-c3cccc(NCC4(N)CCOCC4)n3)c(Cl)cn2)CC1. The van der Waals surface area contributed by atoms with Crippen molar-refractivity contribution in [3.8, 4) is 11.3 Å². The van der Waals surface area contributed by atoms with Crippen molar-refractivity contribution in [3.63, 3.8) is 0 Å². The smallest absolute Gasteiger partial charge is 0.126 e. The molecule has 0 aromatic carbocycles. The van der Waals surface area contributed by atoms with Crippen LogP contribution in [0.25, 0.3) is 11.3 Å². The van der Waals surface area contributed by atoms with E-state index in [-0.39, 0.29) is 11.6 Å². The fourth-order valence-electron chi connectivity index (χ4n) is 4.54. The summed E-state index contributed by atoms with van der Waals surface area (Å²) in [6.45, 7) is 2.40. The second-order valence-corrected chi connectivity index (χ2v) is 9.77. The van der Waals surface area contributed by atoms with Crippen molar-refractivity contribution in [1.82, 2.24) is 9.97 Å². The number of methoxy groups -OCH3 is 1. The highest BCUT2D eigenvalue weighted by Crippen LogP contribution is 2.32. The quantitative estimate of drug-likeness (QED) is 0.459. The number of aliphatic hydroxyl groups is 1. The highest BCUT2D eigenvalue weighted by Gasteiger charge is 2.33. The molecule has 4 rings (SSSR count). The van der Waals surface area contributed by atoms with Crippen LogP contribution in [0.2, 0.25) is 5.02 Å². The van der Waals surface area contributed by atoms with Crippen LogP contribution >= 0.6 is 11.6 Å². The number of nitrogens with two attached hydrogens (primary N) is 1. The fourth-order valence-corrected chi connectivity index (χ4v) is 4.74. The second-order valence-electron chi connectivity index (χ2n) is 9.36. The van der Waals surface area contributed by atoms with Gasteiger partial charge in [-0.3, -0.25) is 0 Å². The minimum Gasteiger partial charge on any atom is -0.387 e. The van der Waals surface area contributed by atoms with E-state index in [0.717, 1.165) is 48.6 Å². The molecule has 8 nitrogen and oxygen atoms in total. The zero-order valence-corrected chi connectivity index (χ0v) is 19.9. The normalized spacial score (nSPS) is 24.9. The summed E-state index contributed by atoms with van der Waals surface area (Å²) in [7, 11) is 1.62. The van der Waals surface area contributed by atoms with Crippen molar-refractivity contribution in [3.05, 3.63) is 35.5 Å². The van der Waals surface area contributed by atoms with E-state index in [1.165, 1.54) is 0 Å². The van der Waals surface area contributed by atoms with Gasteiger partial charge in [-0.15, -0.1) is 0 Å². The average molecular weight is 476 g/mol. The molecule has 1 saturated heterocycles. The second kappa shape index (κ2) is 10.5. The highest BCUT2D eigenvalue weighted by atomic mass is 35.5. The molecule has 0 spiro atoms. The first-order chi connectivity index (χ1) is 15.9. The van der Waals surface area contributed by atoms with Gasteiger partial charge >= 0.3 is 0 Å². The molecule has 0 radical (unpaired) electrons. The van der Waals surface area contributed by atoms with Crippen LogP contribution in [0, 0.1) is 0 Å². The highest BCUT2D eigenvalue weighted by molar-refractivity contribution is 6.33. The number of rotatable bonds is 8. The van der Waals surface area contributed by atoms with Crippen molar-refractivity contribution in [2.45, 2.75) is 55.7 Å². The van der Waals surface area contributed by atoms with Gasteiger partial charge in [0, 0.05) is 50.2 Å². The van der Waals surface area contributed by atoms with Crippen LogP contribution in [0.3, 0.4) is 0 Å². The Kier molecular flexibility index (Phi) is 7.71. The summed E-state index contributed by atoms with van der Waals surface area (Å²) in [5.41, 5.74) is 7.07. The van der Waals surface area contributed by atoms with E-state index in [2.05, 4.69) is 15.6 Å². The van der Waals surface area contributed by atoms with Crippen LogP contribution in [0.5, 0.6) is 0 Å². The first-order valence-electron chi connectivity index (χ1n) is 11.6. The average Bonchev–Trinajstić information content (AvgIpc) is 2.81. The minimum absolute atomic E-state index is 0.241. The van der Waals surface area contributed by atoms with Gasteiger partial charge in [0.05, 0.1) is 22.9 Å². The maximum Gasteiger partial charge on any atom is 0.126 e. The van der Waals surface area contributed by atoms with Gasteiger partial charge in [-0.1, -0.05) is 17.7 Å². The van der Waals surface area contributed by atoms with Gasteiger partial charge < -0.3 is 30.9 Å². The van der Waals surface area contributed by atoms with Gasteiger partial charge in [0.15, 0.2) is 0 Å². The third-order valence-corrected chi connectivity index (χ3v) is 6.97. The van der Waals surface area contributed by atoms with Crippen LogP contribution in [0.1, 0.15) is 38.5 Å². The van der Waals surface area contributed by atoms with Crippen LogP contribution in [-0.4, -0.2) is 65.7 Å². The molecule has 9 heteroatoms. The van der Waals surface area contributed by atoms with E-state index >= 15 is 0 Å². The third-order valence-electron chi connectivity index (χ3n) is 6.67. The lowest BCUT2D eigenvalue weighted by Crippen LogP contribution is -2.50. The Balaban J connectivity index is 1.42. The molecule has 1 saturated carbocycles. The summed E-state index contributed by atoms with van der Waals surface area (Å²) >= 11 is 6.49. The van der Waals surface area contributed by atoms with Crippen molar-refractivity contribution in [2.75, 3.05) is 44.1 Å². The molecular formula is C24H34ClN5O3. The molecule has 0 amide bonds. The van der Waals surface area contributed by atoms with Crippen molar-refractivity contribution in [1.29, 1.82) is 0 Å². The molecule has 2 aliphatic rings. The lowest BCUT2D eigenvalue weighted by molar-refractivity contribution is -0.0572. The summed E-state index contributed by atoms with van der Waals surface area (Å²) < 4.78 is 10.6. The number of hydrogen-bond donors (Lipinski definition) is 4. The number of aromatic nitrogens is 2. The summed E-state index contributed by atoms with van der Waals surface area (Å²) in [5, 5.41) is 18.0. The van der Waals surface area contributed by atoms with Crippen molar-refractivity contribution in [2.24, 2.45) is 5.73 Å². The summed E-state index contributed by atoms with van der Waals surface area (Å²) in [5.74, 6) is 1.51. The Morgan fingerprint density at radius 3 is 2.70 bits per heavy atom. The molecule has 1 aliphatic carbocycles. The first-order valence-corrected chi connectivity index (χ1v) is 12.0. The topological polar surface area (TPSA) is 115 Å². The number of hydrogen-bond acceptors (Lipinski definition) is 8.